The highest BCUT2D eigenvalue weighted by atomic mass is 32.2. The van der Waals surface area contributed by atoms with Crippen LogP contribution in [0, 0.1) is 0 Å². The number of para-hydroxylation sites is 1. The van der Waals surface area contributed by atoms with Gasteiger partial charge in [-0.15, -0.1) is 0 Å². The Morgan fingerprint density at radius 1 is 0.767 bits per heavy atom. The van der Waals surface area contributed by atoms with Crippen LogP contribution in [0.15, 0.2) is 102 Å². The lowest BCUT2D eigenvalue weighted by atomic mass is 10.1. The van der Waals surface area contributed by atoms with Crippen molar-refractivity contribution < 1.29 is 4.79 Å². The first kappa shape index (κ1) is 19.9. The van der Waals surface area contributed by atoms with Crippen molar-refractivity contribution in [2.75, 3.05) is 5.32 Å². The molecular weight excluding hydrogens is 390 g/mol. The quantitative estimate of drug-likeness (QED) is 0.316. The van der Waals surface area contributed by atoms with Gasteiger partial charge in [-0.3, -0.25) is 4.79 Å². The van der Waals surface area contributed by atoms with Crippen LogP contribution in [0.2, 0.25) is 0 Å². The Morgan fingerprint density at radius 3 is 1.73 bits per heavy atom. The number of carbonyl (C=O) groups excluding carboxylic acids is 1. The molecule has 1 heterocycles. The predicted molar refractivity (Wildman–Crippen MR) is 123 cm³/mol. The van der Waals surface area contributed by atoms with E-state index < -0.39 is 0 Å². The van der Waals surface area contributed by atoms with Gasteiger partial charge in [0, 0.05) is 16.8 Å². The minimum atomic E-state index is -0.347. The SMILES string of the molecule is CC(Sc1nc(-c2ccccc2)cc(-c2ccccc2)n1)C(=O)Nc1ccccc1. The van der Waals surface area contributed by atoms with Crippen molar-refractivity contribution in [1.82, 2.24) is 9.97 Å². The lowest BCUT2D eigenvalue weighted by molar-refractivity contribution is -0.115. The van der Waals surface area contributed by atoms with Gasteiger partial charge in [-0.25, -0.2) is 9.97 Å². The zero-order valence-corrected chi connectivity index (χ0v) is 17.3. The van der Waals surface area contributed by atoms with Crippen LogP contribution < -0.4 is 5.32 Å². The fourth-order valence-electron chi connectivity index (χ4n) is 2.97. The fourth-order valence-corrected chi connectivity index (χ4v) is 3.75. The van der Waals surface area contributed by atoms with Crippen molar-refractivity contribution in [3.05, 3.63) is 97.1 Å². The summed E-state index contributed by atoms with van der Waals surface area (Å²) < 4.78 is 0. The van der Waals surface area contributed by atoms with Crippen molar-refractivity contribution in [3.8, 4) is 22.5 Å². The van der Waals surface area contributed by atoms with Gasteiger partial charge in [-0.2, -0.15) is 0 Å². The van der Waals surface area contributed by atoms with Crippen LogP contribution >= 0.6 is 11.8 Å². The molecule has 4 nitrogen and oxygen atoms in total. The van der Waals surface area contributed by atoms with Crippen molar-refractivity contribution in [2.45, 2.75) is 17.3 Å². The third kappa shape index (κ3) is 4.93. The molecule has 0 bridgehead atoms. The minimum Gasteiger partial charge on any atom is -0.325 e. The molecule has 1 aromatic heterocycles. The summed E-state index contributed by atoms with van der Waals surface area (Å²) in [5.41, 5.74) is 4.48. The number of nitrogens with one attached hydrogen (secondary N) is 1. The highest BCUT2D eigenvalue weighted by Crippen LogP contribution is 2.29. The van der Waals surface area contributed by atoms with Gasteiger partial charge in [-0.05, 0) is 25.1 Å². The van der Waals surface area contributed by atoms with Crippen LogP contribution in [-0.4, -0.2) is 21.1 Å². The molecule has 3 aromatic carbocycles. The number of aromatic nitrogens is 2. The van der Waals surface area contributed by atoms with Crippen LogP contribution in [-0.2, 0) is 4.79 Å². The van der Waals surface area contributed by atoms with Crippen LogP contribution in [0.3, 0.4) is 0 Å². The number of hydrogen-bond acceptors (Lipinski definition) is 4. The summed E-state index contributed by atoms with van der Waals surface area (Å²) in [6.07, 6.45) is 0. The maximum atomic E-state index is 12.6. The summed E-state index contributed by atoms with van der Waals surface area (Å²) in [6.45, 7) is 1.86. The summed E-state index contributed by atoms with van der Waals surface area (Å²) in [6, 6.07) is 31.5. The Bertz CT molecular complexity index is 1060. The van der Waals surface area contributed by atoms with E-state index in [0.29, 0.717) is 5.16 Å². The lowest BCUT2D eigenvalue weighted by Gasteiger charge is -2.13. The number of rotatable bonds is 6. The maximum Gasteiger partial charge on any atom is 0.237 e. The van der Waals surface area contributed by atoms with Crippen LogP contribution in [0.5, 0.6) is 0 Å². The number of benzene rings is 3. The first-order valence-electron chi connectivity index (χ1n) is 9.71. The summed E-state index contributed by atoms with van der Waals surface area (Å²) >= 11 is 1.35. The van der Waals surface area contributed by atoms with E-state index in [-0.39, 0.29) is 11.2 Å². The molecule has 4 rings (SSSR count). The van der Waals surface area contributed by atoms with Crippen LogP contribution in [0.1, 0.15) is 6.92 Å². The maximum absolute atomic E-state index is 12.6. The van der Waals surface area contributed by atoms with E-state index in [1.807, 2.05) is 104 Å². The van der Waals surface area contributed by atoms with Crippen molar-refractivity contribution >= 4 is 23.4 Å². The smallest absolute Gasteiger partial charge is 0.237 e. The topological polar surface area (TPSA) is 54.9 Å². The largest absolute Gasteiger partial charge is 0.325 e. The molecule has 0 saturated heterocycles. The normalized spacial score (nSPS) is 11.6. The first-order chi connectivity index (χ1) is 14.7. The second-order valence-corrected chi connectivity index (χ2v) is 8.08. The molecule has 148 valence electrons. The molecule has 0 fully saturated rings. The zero-order chi connectivity index (χ0) is 20.8. The molecule has 1 unspecified atom stereocenters. The van der Waals surface area contributed by atoms with E-state index in [0.717, 1.165) is 28.2 Å². The van der Waals surface area contributed by atoms with Crippen molar-refractivity contribution in [3.63, 3.8) is 0 Å². The minimum absolute atomic E-state index is 0.0822. The molecule has 1 atom stereocenters. The van der Waals surface area contributed by atoms with Gasteiger partial charge >= 0.3 is 0 Å². The Hall–Kier alpha value is -3.44. The molecule has 4 aromatic rings. The Balaban J connectivity index is 1.62. The number of carbonyl (C=O) groups is 1. The van der Waals surface area contributed by atoms with Gasteiger partial charge in [0.25, 0.3) is 0 Å². The number of anilines is 1. The van der Waals surface area contributed by atoms with E-state index >= 15 is 0 Å². The second-order valence-electron chi connectivity index (χ2n) is 6.77. The highest BCUT2D eigenvalue weighted by molar-refractivity contribution is 8.00. The molecule has 0 spiro atoms. The molecule has 1 amide bonds. The van der Waals surface area contributed by atoms with E-state index in [1.54, 1.807) is 0 Å². The van der Waals surface area contributed by atoms with E-state index in [2.05, 4.69) is 5.32 Å². The van der Waals surface area contributed by atoms with Gasteiger partial charge < -0.3 is 5.32 Å². The standard InChI is InChI=1S/C25H21N3OS/c1-18(24(29)26-21-15-9-4-10-16-21)30-25-27-22(19-11-5-2-6-12-19)17-23(28-25)20-13-7-3-8-14-20/h2-18H,1H3,(H,26,29). The van der Waals surface area contributed by atoms with Crippen molar-refractivity contribution in [1.29, 1.82) is 0 Å². The average molecular weight is 412 g/mol. The number of hydrogen-bond donors (Lipinski definition) is 1. The monoisotopic (exact) mass is 411 g/mol. The summed E-state index contributed by atoms with van der Waals surface area (Å²) in [7, 11) is 0. The summed E-state index contributed by atoms with van der Waals surface area (Å²) in [5.74, 6) is -0.0822. The molecule has 30 heavy (non-hydrogen) atoms. The molecular formula is C25H21N3OS. The zero-order valence-electron chi connectivity index (χ0n) is 16.5. The molecule has 1 N–H and O–H groups in total. The Labute approximate surface area is 180 Å². The third-order valence-electron chi connectivity index (χ3n) is 4.54. The molecule has 0 aliphatic carbocycles. The van der Waals surface area contributed by atoms with Gasteiger partial charge in [0.2, 0.25) is 5.91 Å². The molecule has 0 aliphatic rings. The van der Waals surface area contributed by atoms with E-state index in [9.17, 15) is 4.79 Å². The number of amides is 1. The highest BCUT2D eigenvalue weighted by Gasteiger charge is 2.18. The van der Waals surface area contributed by atoms with Crippen LogP contribution in [0.25, 0.3) is 22.5 Å². The fraction of sp³-hybridized carbons (Fsp3) is 0.0800. The van der Waals surface area contributed by atoms with Crippen molar-refractivity contribution in [2.24, 2.45) is 0 Å². The van der Waals surface area contributed by atoms with Gasteiger partial charge in [0.15, 0.2) is 5.16 Å². The third-order valence-corrected chi connectivity index (χ3v) is 5.50. The lowest BCUT2D eigenvalue weighted by Crippen LogP contribution is -2.22. The van der Waals surface area contributed by atoms with E-state index in [4.69, 9.17) is 9.97 Å². The molecule has 0 aliphatic heterocycles. The molecule has 0 radical (unpaired) electrons. The second kappa shape index (κ2) is 9.37. The van der Waals surface area contributed by atoms with E-state index in [1.165, 1.54) is 11.8 Å². The number of nitrogens with zero attached hydrogens (tertiary/aromatic N) is 2. The van der Waals surface area contributed by atoms with Gasteiger partial charge in [0.05, 0.1) is 16.6 Å². The summed E-state index contributed by atoms with van der Waals surface area (Å²) in [4.78, 5) is 22.1. The Morgan fingerprint density at radius 2 is 1.23 bits per heavy atom. The average Bonchev–Trinajstić information content (AvgIpc) is 2.80. The van der Waals surface area contributed by atoms with Crippen LogP contribution in [0.4, 0.5) is 5.69 Å². The van der Waals surface area contributed by atoms with Gasteiger partial charge in [-0.1, -0.05) is 90.6 Å². The predicted octanol–water partition coefficient (Wildman–Crippen LogP) is 5.93. The van der Waals surface area contributed by atoms with Gasteiger partial charge in [0.1, 0.15) is 0 Å². The molecule has 0 saturated carbocycles. The Kier molecular flexibility index (Phi) is 6.20. The molecule has 5 heteroatoms. The summed E-state index contributed by atoms with van der Waals surface area (Å²) in [5, 5.41) is 3.17. The number of thioether (sulfide) groups is 1. The first-order valence-corrected chi connectivity index (χ1v) is 10.6.